The molecular weight excluding hydrogens is 861 g/mol. The van der Waals surface area contributed by atoms with Crippen molar-refractivity contribution >= 4 is 88.2 Å². The fraction of sp³-hybridized carbons (Fsp3) is 0.350. The quantitative estimate of drug-likeness (QED) is 0.156. The topological polar surface area (TPSA) is 69.7 Å². The van der Waals surface area contributed by atoms with Gasteiger partial charge in [0.1, 0.15) is 0 Å². The first kappa shape index (κ1) is 36.8. The van der Waals surface area contributed by atoms with Gasteiger partial charge in [-0.25, -0.2) is 0 Å². The first-order chi connectivity index (χ1) is 24.1. The normalized spacial score (nSPS) is 15.5. The molecular formula is C40H44B2N6OPtS2. The molecule has 12 heteroatoms. The van der Waals surface area contributed by atoms with Crippen LogP contribution >= 0.6 is 22.7 Å². The van der Waals surface area contributed by atoms with Gasteiger partial charge >= 0.3 is 21.1 Å². The van der Waals surface area contributed by atoms with E-state index in [2.05, 4.69) is 128 Å². The number of ether oxygens (including phenoxy) is 1. The summed E-state index contributed by atoms with van der Waals surface area (Å²) in [4.78, 5) is 14.1. The predicted molar refractivity (Wildman–Crippen MR) is 220 cm³/mol. The second kappa shape index (κ2) is 13.4. The Kier molecular flexibility index (Phi) is 9.49. The summed E-state index contributed by atoms with van der Waals surface area (Å²) in [6, 6.07) is 18.1. The number of benzene rings is 2. The molecule has 6 heterocycles. The molecule has 0 amide bonds. The van der Waals surface area contributed by atoms with Crippen LogP contribution in [0.2, 0.25) is 0 Å². The van der Waals surface area contributed by atoms with Crippen molar-refractivity contribution in [3.8, 4) is 0 Å². The van der Waals surface area contributed by atoms with Crippen LogP contribution in [0.1, 0.15) is 66.5 Å². The molecule has 52 heavy (non-hydrogen) atoms. The van der Waals surface area contributed by atoms with E-state index in [1.807, 2.05) is 35.1 Å². The van der Waals surface area contributed by atoms with E-state index in [0.29, 0.717) is 11.8 Å². The fourth-order valence-electron chi connectivity index (χ4n) is 7.38. The van der Waals surface area contributed by atoms with Crippen LogP contribution in [0.3, 0.4) is 0 Å². The number of fused-ring (bicyclic) bond motifs is 6. The van der Waals surface area contributed by atoms with Crippen molar-refractivity contribution in [1.29, 1.82) is 0 Å². The Labute approximate surface area is 330 Å². The number of hydrogen-bond acceptors (Lipinski definition) is 7. The van der Waals surface area contributed by atoms with Crippen LogP contribution < -0.4 is 11.2 Å². The molecule has 0 saturated heterocycles. The Bertz CT molecular complexity index is 2260. The second-order valence-corrected chi connectivity index (χ2v) is 18.7. The van der Waals surface area contributed by atoms with Gasteiger partial charge in [-0.1, -0.05) is 65.8 Å². The Morgan fingerprint density at radius 3 is 1.42 bits per heavy atom. The summed E-state index contributed by atoms with van der Waals surface area (Å²) in [5.41, 5.74) is 6.98. The van der Waals surface area contributed by atoms with Crippen LogP contribution in [0.5, 0.6) is 0 Å². The van der Waals surface area contributed by atoms with E-state index in [9.17, 15) is 0 Å². The van der Waals surface area contributed by atoms with Crippen molar-refractivity contribution in [3.05, 3.63) is 106 Å². The Balaban J connectivity index is 0.00000420. The standard InChI is InChI=1S/C40H44B2N6OS2.Pt/c1-23-37(45-41(47(23)9)35-33-29(15-17-43-35)27-13-11-25(19-31(27)50-33)21-39(3,4)5)49-38-24(2)48(10)42(46-38)36-34-30(16-18-44-36)28-14-12-26(20-32(28)51-34)22-40(6,7)8;/h11-20H,21-22H2,1-10H3;/q-2;+2. The number of hydrogen-bond donors (Lipinski definition) is 0. The number of pyridine rings is 2. The molecule has 0 aliphatic carbocycles. The maximum Gasteiger partial charge on any atom is 2.00 e. The zero-order valence-corrected chi connectivity index (χ0v) is 35.5. The van der Waals surface area contributed by atoms with Crippen LogP contribution in [0.4, 0.5) is 0 Å². The summed E-state index contributed by atoms with van der Waals surface area (Å²) in [6.07, 6.45) is 5.90. The number of thiophene rings is 2. The van der Waals surface area contributed by atoms with Gasteiger partial charge in [0.15, 0.2) is 0 Å². The molecule has 2 aliphatic heterocycles. The third-order valence-corrected chi connectivity index (χ3v) is 12.4. The molecule has 0 saturated carbocycles. The van der Waals surface area contributed by atoms with Gasteiger partial charge in [0, 0.05) is 87.1 Å². The van der Waals surface area contributed by atoms with Gasteiger partial charge in [-0.15, -0.1) is 22.7 Å². The molecule has 2 aromatic carbocycles. The molecule has 0 radical (unpaired) electrons. The fourth-order valence-corrected chi connectivity index (χ4v) is 9.92. The van der Waals surface area contributed by atoms with Crippen molar-refractivity contribution < 1.29 is 25.8 Å². The zero-order valence-electron chi connectivity index (χ0n) is 31.6. The smallest absolute Gasteiger partial charge is 0.651 e. The van der Waals surface area contributed by atoms with Gasteiger partial charge in [-0.05, 0) is 87.0 Å². The molecule has 0 atom stereocenters. The molecule has 268 valence electrons. The van der Waals surface area contributed by atoms with Crippen LogP contribution in [-0.2, 0) is 38.6 Å². The molecule has 2 aliphatic rings. The third-order valence-electron chi connectivity index (χ3n) is 10.0. The molecule has 0 fully saturated rings. The van der Waals surface area contributed by atoms with Crippen molar-refractivity contribution in [2.24, 2.45) is 10.8 Å². The summed E-state index contributed by atoms with van der Waals surface area (Å²) in [7, 11) is 4.13. The van der Waals surface area contributed by atoms with Crippen molar-refractivity contribution in [2.75, 3.05) is 14.1 Å². The molecule has 4 aromatic heterocycles. The van der Waals surface area contributed by atoms with Crippen LogP contribution in [-0.4, -0.2) is 47.7 Å². The maximum absolute atomic E-state index is 6.60. The monoisotopic (exact) mass is 905 g/mol. The number of aromatic nitrogens is 2. The average molecular weight is 906 g/mol. The Morgan fingerprint density at radius 2 is 1.04 bits per heavy atom. The van der Waals surface area contributed by atoms with E-state index < -0.39 is 0 Å². The minimum absolute atomic E-state index is 0. The molecule has 0 unspecified atom stereocenters. The molecule has 8 rings (SSSR count). The summed E-state index contributed by atoms with van der Waals surface area (Å²) < 4.78 is 11.5. The number of rotatable bonds is 6. The van der Waals surface area contributed by atoms with Crippen molar-refractivity contribution in [2.45, 2.75) is 68.2 Å². The van der Waals surface area contributed by atoms with E-state index in [0.717, 1.165) is 35.4 Å². The van der Waals surface area contributed by atoms with Gasteiger partial charge in [-0.3, -0.25) is 9.97 Å². The molecule has 0 bridgehead atoms. The van der Waals surface area contributed by atoms with Crippen LogP contribution in [0.15, 0.2) is 84.1 Å². The molecule has 0 N–H and O–H groups in total. The molecule has 0 spiro atoms. The van der Waals surface area contributed by atoms with Gasteiger partial charge in [0.2, 0.25) is 14.0 Å². The largest absolute Gasteiger partial charge is 2.00 e. The SMILES string of the molecule is CC1=C(OC2=C(C)N(C)B(c3nccc4c3sc3cc(CC(C)(C)C)ccc34)[N-]2)[N-]B(c2nccc3c2sc2cc(CC(C)(C)C)ccc23)N1C.[Pt+2]. The van der Waals surface area contributed by atoms with Crippen LogP contribution in [0.25, 0.3) is 50.8 Å². The van der Waals surface area contributed by atoms with Gasteiger partial charge in [0.05, 0.1) is 0 Å². The third kappa shape index (κ3) is 6.62. The first-order valence-electron chi connectivity index (χ1n) is 17.7. The number of nitrogens with zero attached hydrogens (tertiary/aromatic N) is 6. The van der Waals surface area contributed by atoms with Gasteiger partial charge in [0.25, 0.3) is 0 Å². The minimum atomic E-state index is -0.293. The summed E-state index contributed by atoms with van der Waals surface area (Å²) in [6.45, 7) is 17.3. The number of allylic oxidation sites excluding steroid dienone is 2. The Morgan fingerprint density at radius 1 is 0.635 bits per heavy atom. The molecule has 7 nitrogen and oxygen atoms in total. The average Bonchev–Trinajstić information content (AvgIpc) is 3.77. The summed E-state index contributed by atoms with van der Waals surface area (Å²) >= 11 is 3.61. The summed E-state index contributed by atoms with van der Waals surface area (Å²) in [5, 5.41) is 15.3. The first-order valence-corrected chi connectivity index (χ1v) is 19.4. The van der Waals surface area contributed by atoms with Crippen molar-refractivity contribution in [3.63, 3.8) is 0 Å². The van der Waals surface area contributed by atoms with Crippen LogP contribution in [0, 0.1) is 10.8 Å². The van der Waals surface area contributed by atoms with E-state index in [1.165, 1.54) is 51.5 Å². The van der Waals surface area contributed by atoms with E-state index in [-0.39, 0.29) is 45.9 Å². The Hall–Kier alpha value is -3.52. The predicted octanol–water partition coefficient (Wildman–Crippen LogP) is 9.51. The van der Waals surface area contributed by atoms with E-state index in [4.69, 9.17) is 25.2 Å². The second-order valence-electron chi connectivity index (χ2n) is 16.6. The van der Waals surface area contributed by atoms with Gasteiger partial charge < -0.3 is 24.8 Å². The molecule has 6 aromatic rings. The van der Waals surface area contributed by atoms with E-state index >= 15 is 0 Å². The van der Waals surface area contributed by atoms with Gasteiger partial charge in [-0.2, -0.15) is 0 Å². The maximum atomic E-state index is 6.60. The zero-order chi connectivity index (χ0) is 36.0. The minimum Gasteiger partial charge on any atom is -0.651 e. The van der Waals surface area contributed by atoms with E-state index in [1.54, 1.807) is 0 Å². The van der Waals surface area contributed by atoms with Crippen molar-refractivity contribution in [1.82, 2.24) is 19.6 Å². The summed E-state index contributed by atoms with van der Waals surface area (Å²) in [5.74, 6) is 1.14.